The van der Waals surface area contributed by atoms with Crippen LogP contribution in [0.15, 0.2) is 28.6 Å². The molecule has 0 amide bonds. The molecule has 6 heteroatoms. The first kappa shape index (κ1) is 11.8. The first-order valence-electron chi connectivity index (χ1n) is 5.17. The number of hydrogen-bond acceptors (Lipinski definition) is 6. The van der Waals surface area contributed by atoms with Crippen LogP contribution in [-0.4, -0.2) is 27.0 Å². The van der Waals surface area contributed by atoms with Crippen LogP contribution in [0.2, 0.25) is 0 Å². The summed E-state index contributed by atoms with van der Waals surface area (Å²) in [5.41, 5.74) is 1.96. The molecule has 2 aromatic rings. The molecule has 0 radical (unpaired) electrons. The molecule has 17 heavy (non-hydrogen) atoms. The van der Waals surface area contributed by atoms with Crippen LogP contribution in [0.1, 0.15) is 11.3 Å². The Morgan fingerprint density at radius 2 is 1.82 bits per heavy atom. The van der Waals surface area contributed by atoms with Crippen LogP contribution in [-0.2, 0) is 0 Å². The standard InChI is InChI=1S/C11H13N5S/c1-7-5-13-11(14-6-7)17-9-4-8(2)15-10(12-3)16-9/h4-6H,1-3H3,(H,12,15,16). The topological polar surface area (TPSA) is 63.6 Å². The van der Waals surface area contributed by atoms with Gasteiger partial charge in [-0.2, -0.15) is 0 Å². The SMILES string of the molecule is CNc1nc(C)cc(Sc2ncc(C)cn2)n1. The van der Waals surface area contributed by atoms with E-state index in [2.05, 4.69) is 25.3 Å². The zero-order chi connectivity index (χ0) is 12.3. The van der Waals surface area contributed by atoms with E-state index < -0.39 is 0 Å². The second kappa shape index (κ2) is 5.09. The maximum absolute atomic E-state index is 4.33. The van der Waals surface area contributed by atoms with Crippen LogP contribution in [0.4, 0.5) is 5.95 Å². The van der Waals surface area contributed by atoms with Gasteiger partial charge in [0.15, 0.2) is 5.16 Å². The summed E-state index contributed by atoms with van der Waals surface area (Å²) in [6.07, 6.45) is 3.59. The third-order valence-corrected chi connectivity index (χ3v) is 2.82. The van der Waals surface area contributed by atoms with Crippen molar-refractivity contribution >= 4 is 17.7 Å². The van der Waals surface area contributed by atoms with E-state index in [0.29, 0.717) is 11.1 Å². The number of nitrogens with zero attached hydrogens (tertiary/aromatic N) is 4. The van der Waals surface area contributed by atoms with E-state index in [9.17, 15) is 0 Å². The normalized spacial score (nSPS) is 10.3. The first-order chi connectivity index (χ1) is 8.17. The fourth-order valence-electron chi connectivity index (χ4n) is 1.23. The van der Waals surface area contributed by atoms with Crippen molar-refractivity contribution in [3.05, 3.63) is 29.7 Å². The predicted octanol–water partition coefficient (Wildman–Crippen LogP) is 2.08. The summed E-state index contributed by atoms with van der Waals surface area (Å²) in [6, 6.07) is 1.91. The Kier molecular flexibility index (Phi) is 3.53. The molecule has 0 aliphatic carbocycles. The van der Waals surface area contributed by atoms with Crippen molar-refractivity contribution in [1.82, 2.24) is 19.9 Å². The van der Waals surface area contributed by atoms with Gasteiger partial charge in [0.1, 0.15) is 5.03 Å². The third-order valence-electron chi connectivity index (χ3n) is 2.01. The molecule has 0 saturated heterocycles. The van der Waals surface area contributed by atoms with Crippen molar-refractivity contribution in [2.75, 3.05) is 12.4 Å². The molecule has 0 aliphatic heterocycles. The van der Waals surface area contributed by atoms with E-state index in [0.717, 1.165) is 16.3 Å². The second-order valence-corrected chi connectivity index (χ2v) is 4.55. The Bertz CT molecular complexity index is 512. The van der Waals surface area contributed by atoms with Crippen molar-refractivity contribution in [2.24, 2.45) is 0 Å². The van der Waals surface area contributed by atoms with Crippen LogP contribution < -0.4 is 5.32 Å². The van der Waals surface area contributed by atoms with E-state index in [1.165, 1.54) is 11.8 Å². The lowest BCUT2D eigenvalue weighted by Gasteiger charge is -2.04. The maximum atomic E-state index is 4.33. The van der Waals surface area contributed by atoms with Crippen LogP contribution >= 0.6 is 11.8 Å². The fourth-order valence-corrected chi connectivity index (χ4v) is 1.99. The Morgan fingerprint density at radius 3 is 2.47 bits per heavy atom. The largest absolute Gasteiger partial charge is 0.357 e. The third kappa shape index (κ3) is 3.13. The average Bonchev–Trinajstić information content (AvgIpc) is 2.31. The minimum atomic E-state index is 0.611. The summed E-state index contributed by atoms with van der Waals surface area (Å²) in [6.45, 7) is 3.89. The zero-order valence-corrected chi connectivity index (χ0v) is 10.7. The fraction of sp³-hybridized carbons (Fsp3) is 0.273. The lowest BCUT2D eigenvalue weighted by atomic mass is 10.4. The van der Waals surface area contributed by atoms with Crippen LogP contribution in [0.5, 0.6) is 0 Å². The predicted molar refractivity (Wildman–Crippen MR) is 67.2 cm³/mol. The van der Waals surface area contributed by atoms with Crippen molar-refractivity contribution < 1.29 is 0 Å². The monoisotopic (exact) mass is 247 g/mol. The number of anilines is 1. The average molecular weight is 247 g/mol. The number of hydrogen-bond donors (Lipinski definition) is 1. The van der Waals surface area contributed by atoms with Gasteiger partial charge in [-0.1, -0.05) is 0 Å². The number of aromatic nitrogens is 4. The molecule has 1 N–H and O–H groups in total. The Hall–Kier alpha value is -1.69. The Labute approximate surface area is 104 Å². The first-order valence-corrected chi connectivity index (χ1v) is 5.99. The highest BCUT2D eigenvalue weighted by Crippen LogP contribution is 2.23. The molecule has 0 saturated carbocycles. The molecule has 5 nitrogen and oxygen atoms in total. The van der Waals surface area contributed by atoms with Gasteiger partial charge >= 0.3 is 0 Å². The zero-order valence-electron chi connectivity index (χ0n) is 9.93. The van der Waals surface area contributed by atoms with Gasteiger partial charge in [-0.05, 0) is 37.2 Å². The highest BCUT2D eigenvalue weighted by atomic mass is 32.2. The maximum Gasteiger partial charge on any atom is 0.223 e. The Balaban J connectivity index is 2.23. The molecular formula is C11H13N5S. The van der Waals surface area contributed by atoms with Gasteiger partial charge in [-0.3, -0.25) is 0 Å². The minimum absolute atomic E-state index is 0.611. The molecule has 2 rings (SSSR count). The summed E-state index contributed by atoms with van der Waals surface area (Å²) in [7, 11) is 1.80. The molecule has 0 aliphatic rings. The van der Waals surface area contributed by atoms with Crippen molar-refractivity contribution in [2.45, 2.75) is 24.0 Å². The molecule has 0 spiro atoms. The van der Waals surface area contributed by atoms with Gasteiger partial charge < -0.3 is 5.32 Å². The second-order valence-electron chi connectivity index (χ2n) is 3.57. The van der Waals surface area contributed by atoms with Crippen molar-refractivity contribution in [3.63, 3.8) is 0 Å². The van der Waals surface area contributed by atoms with Crippen LogP contribution in [0.25, 0.3) is 0 Å². The van der Waals surface area contributed by atoms with Gasteiger partial charge in [0.05, 0.1) is 0 Å². The van der Waals surface area contributed by atoms with Crippen molar-refractivity contribution in [3.8, 4) is 0 Å². The van der Waals surface area contributed by atoms with Gasteiger partial charge in [0.2, 0.25) is 5.95 Å². The van der Waals surface area contributed by atoms with E-state index in [4.69, 9.17) is 0 Å². The summed E-state index contributed by atoms with van der Waals surface area (Å²) in [4.78, 5) is 17.0. The van der Waals surface area contributed by atoms with Gasteiger partial charge in [0.25, 0.3) is 0 Å². The van der Waals surface area contributed by atoms with E-state index in [1.807, 2.05) is 19.9 Å². The smallest absolute Gasteiger partial charge is 0.223 e. The minimum Gasteiger partial charge on any atom is -0.357 e. The molecule has 0 unspecified atom stereocenters. The van der Waals surface area contributed by atoms with E-state index in [-0.39, 0.29) is 0 Å². The Morgan fingerprint density at radius 1 is 1.12 bits per heavy atom. The van der Waals surface area contributed by atoms with Gasteiger partial charge in [-0.25, -0.2) is 19.9 Å². The quantitative estimate of drug-likeness (QED) is 0.661. The number of rotatable bonds is 3. The summed E-state index contributed by atoms with van der Waals surface area (Å²) >= 11 is 1.43. The van der Waals surface area contributed by atoms with Gasteiger partial charge in [-0.15, -0.1) is 0 Å². The molecule has 0 fully saturated rings. The van der Waals surface area contributed by atoms with Crippen LogP contribution in [0.3, 0.4) is 0 Å². The van der Waals surface area contributed by atoms with Crippen molar-refractivity contribution in [1.29, 1.82) is 0 Å². The number of nitrogens with one attached hydrogen (secondary N) is 1. The van der Waals surface area contributed by atoms with E-state index >= 15 is 0 Å². The molecule has 0 atom stereocenters. The molecule has 0 bridgehead atoms. The molecule has 2 aromatic heterocycles. The van der Waals surface area contributed by atoms with E-state index in [1.54, 1.807) is 19.4 Å². The lowest BCUT2D eigenvalue weighted by Crippen LogP contribution is -1.99. The highest BCUT2D eigenvalue weighted by molar-refractivity contribution is 7.99. The highest BCUT2D eigenvalue weighted by Gasteiger charge is 2.04. The summed E-state index contributed by atoms with van der Waals surface area (Å²) < 4.78 is 0. The van der Waals surface area contributed by atoms with Gasteiger partial charge in [0, 0.05) is 25.1 Å². The molecule has 0 aromatic carbocycles. The van der Waals surface area contributed by atoms with Crippen LogP contribution in [0, 0.1) is 13.8 Å². The molecule has 2 heterocycles. The number of aryl methyl sites for hydroxylation is 2. The lowest BCUT2D eigenvalue weighted by molar-refractivity contribution is 0.938. The summed E-state index contributed by atoms with van der Waals surface area (Å²) in [5.74, 6) is 0.611. The molecular weight excluding hydrogens is 234 g/mol. The summed E-state index contributed by atoms with van der Waals surface area (Å²) in [5, 5.41) is 4.46. The molecule has 88 valence electrons.